The van der Waals surface area contributed by atoms with E-state index < -0.39 is 16.2 Å². The summed E-state index contributed by atoms with van der Waals surface area (Å²) in [7, 11) is 0. The van der Waals surface area contributed by atoms with E-state index in [0.717, 1.165) is 83.7 Å². The van der Waals surface area contributed by atoms with Crippen molar-refractivity contribution < 1.29 is 47.4 Å². The van der Waals surface area contributed by atoms with Crippen LogP contribution in [0.1, 0.15) is 181 Å². The Labute approximate surface area is 377 Å². The lowest BCUT2D eigenvalue weighted by Crippen LogP contribution is -2.49. The van der Waals surface area contributed by atoms with E-state index in [2.05, 4.69) is 13.8 Å². The monoisotopic (exact) mass is 877 g/mol. The average Bonchev–Trinajstić information content (AvgIpc) is 3.86. The molecular formula is C52H92O10. The van der Waals surface area contributed by atoms with Crippen molar-refractivity contribution in [3.8, 4) is 0 Å². The van der Waals surface area contributed by atoms with Crippen molar-refractivity contribution >= 4 is 0 Å². The van der Waals surface area contributed by atoms with Crippen LogP contribution in [0.2, 0.25) is 0 Å². The molecule has 2 unspecified atom stereocenters. The lowest BCUT2D eigenvalue weighted by molar-refractivity contribution is -0.183. The molecule has 0 radical (unpaired) electrons. The van der Waals surface area contributed by atoms with Crippen LogP contribution in [0, 0.1) is 22.2 Å². The molecule has 10 heteroatoms. The van der Waals surface area contributed by atoms with Crippen LogP contribution in [0.25, 0.3) is 0 Å². The number of hydrogen-bond donors (Lipinski definition) is 0. The van der Waals surface area contributed by atoms with Crippen molar-refractivity contribution in [1.29, 1.82) is 0 Å². The summed E-state index contributed by atoms with van der Waals surface area (Å²) in [5.41, 5.74) is -1.32. The van der Waals surface area contributed by atoms with Crippen LogP contribution in [-0.2, 0) is 47.4 Å². The molecule has 0 aliphatic heterocycles. The highest BCUT2D eigenvalue weighted by Gasteiger charge is 2.42. The van der Waals surface area contributed by atoms with Crippen molar-refractivity contribution in [3.63, 3.8) is 0 Å². The zero-order chi connectivity index (χ0) is 42.8. The maximum atomic E-state index is 7.10. The largest absolute Gasteiger partial charge is 0.380 e. The highest BCUT2D eigenvalue weighted by Crippen LogP contribution is 2.36. The molecule has 7 saturated carbocycles. The molecule has 7 fully saturated rings. The van der Waals surface area contributed by atoms with Gasteiger partial charge < -0.3 is 47.4 Å². The van der Waals surface area contributed by atoms with Gasteiger partial charge in [-0.15, -0.1) is 0 Å². The fourth-order valence-electron chi connectivity index (χ4n) is 10.1. The summed E-state index contributed by atoms with van der Waals surface area (Å²) in [6.45, 7) is 11.5. The second-order valence-electron chi connectivity index (χ2n) is 22.1. The third kappa shape index (κ3) is 16.4. The van der Waals surface area contributed by atoms with Gasteiger partial charge in [0.2, 0.25) is 0 Å². The molecule has 360 valence electrons. The molecule has 2 atom stereocenters. The fraction of sp³-hybridized carbons (Fsp3) is 1.00. The SMILES string of the molecule is CC(C)OCC(COCC1CCCCCC1)(COCC(COCC(COC1CCCC1)(COC1CCC1)COC1CCC1)(COC1CCCC1)COC1CCC1)COC1CCC1. The van der Waals surface area contributed by atoms with Crippen molar-refractivity contribution in [2.45, 2.75) is 224 Å². The molecule has 0 heterocycles. The molecule has 62 heavy (non-hydrogen) atoms. The number of rotatable bonds is 33. The standard InChI is InChI=1S/C52H92O10/c1-42(2)56-35-50(36-58-46-21-11-22-46,30-53-29-43-15-5-3-4-6-16-43)31-54-32-51(38-59-47-23-12-24-47,37-57-44-17-7-8-18-44)33-55-34-52(40-61-48-25-13-26-48,41-62-49-27-14-28-49)39-60-45-19-9-10-20-45/h42-49H,3-41H2,1-2H3. The van der Waals surface area contributed by atoms with Crippen LogP contribution in [-0.4, -0.2) is 129 Å². The lowest BCUT2D eigenvalue weighted by atomic mass is 9.88. The fourth-order valence-corrected chi connectivity index (χ4v) is 10.1. The second kappa shape index (κ2) is 26.2. The van der Waals surface area contributed by atoms with E-state index in [-0.39, 0.29) is 12.2 Å². The molecule has 0 N–H and O–H groups in total. The molecule has 10 nitrogen and oxygen atoms in total. The van der Waals surface area contributed by atoms with Gasteiger partial charge in [0.1, 0.15) is 0 Å². The molecule has 0 spiro atoms. The molecule has 0 saturated heterocycles. The van der Waals surface area contributed by atoms with Gasteiger partial charge in [-0.2, -0.15) is 0 Å². The van der Waals surface area contributed by atoms with E-state index in [1.54, 1.807) is 0 Å². The molecule has 0 aromatic heterocycles. The Bertz CT molecular complexity index is 1170. The first kappa shape index (κ1) is 49.5. The topological polar surface area (TPSA) is 92.3 Å². The van der Waals surface area contributed by atoms with Gasteiger partial charge in [0.15, 0.2) is 0 Å². The molecule has 0 aromatic rings. The maximum Gasteiger partial charge on any atom is 0.0638 e. The molecule has 7 aliphatic rings. The van der Waals surface area contributed by atoms with Gasteiger partial charge in [0, 0.05) is 6.61 Å². The minimum Gasteiger partial charge on any atom is -0.380 e. The molecule has 7 rings (SSSR count). The lowest BCUT2D eigenvalue weighted by Gasteiger charge is -2.41. The minimum absolute atomic E-state index is 0.0996. The van der Waals surface area contributed by atoms with E-state index in [9.17, 15) is 0 Å². The first-order valence-corrected chi connectivity index (χ1v) is 26.4. The number of ether oxygens (including phenoxy) is 10. The Kier molecular flexibility index (Phi) is 20.9. The van der Waals surface area contributed by atoms with Crippen molar-refractivity contribution in [1.82, 2.24) is 0 Å². The van der Waals surface area contributed by atoms with Gasteiger partial charge in [-0.05, 0) is 135 Å². The second-order valence-corrected chi connectivity index (χ2v) is 22.1. The zero-order valence-corrected chi connectivity index (χ0v) is 39.8. The smallest absolute Gasteiger partial charge is 0.0638 e. The predicted molar refractivity (Wildman–Crippen MR) is 243 cm³/mol. The first-order chi connectivity index (χ1) is 30.4. The summed E-state index contributed by atoms with van der Waals surface area (Å²) in [6.07, 6.45) is 33.3. The molecular weight excluding hydrogens is 785 g/mol. The van der Waals surface area contributed by atoms with Crippen LogP contribution >= 0.6 is 0 Å². The van der Waals surface area contributed by atoms with Crippen LogP contribution in [0.15, 0.2) is 0 Å². The van der Waals surface area contributed by atoms with Gasteiger partial charge in [-0.25, -0.2) is 0 Å². The summed E-state index contributed by atoms with van der Waals surface area (Å²) >= 11 is 0. The van der Waals surface area contributed by atoms with E-state index in [1.807, 2.05) is 0 Å². The molecule has 0 bridgehead atoms. The van der Waals surface area contributed by atoms with Crippen LogP contribution in [0.4, 0.5) is 0 Å². The van der Waals surface area contributed by atoms with Gasteiger partial charge in [-0.3, -0.25) is 0 Å². The average molecular weight is 877 g/mol. The molecule has 0 aromatic carbocycles. The van der Waals surface area contributed by atoms with Crippen molar-refractivity contribution in [2.24, 2.45) is 22.2 Å². The van der Waals surface area contributed by atoms with Crippen molar-refractivity contribution in [2.75, 3.05) is 85.9 Å². The number of hydrogen-bond acceptors (Lipinski definition) is 10. The Morgan fingerprint density at radius 2 is 0.581 bits per heavy atom. The summed E-state index contributed by atoms with van der Waals surface area (Å²) < 4.78 is 67.8. The highest BCUT2D eigenvalue weighted by atomic mass is 16.6. The van der Waals surface area contributed by atoms with Gasteiger partial charge >= 0.3 is 0 Å². The summed E-state index contributed by atoms with van der Waals surface area (Å²) in [6, 6.07) is 0. The molecule has 0 amide bonds. The summed E-state index contributed by atoms with van der Waals surface area (Å²) in [5.74, 6) is 0.629. The Morgan fingerprint density at radius 1 is 0.306 bits per heavy atom. The molecule has 7 aliphatic carbocycles. The first-order valence-electron chi connectivity index (χ1n) is 26.4. The summed E-state index contributed by atoms with van der Waals surface area (Å²) in [4.78, 5) is 0. The zero-order valence-electron chi connectivity index (χ0n) is 39.8. The third-order valence-corrected chi connectivity index (χ3v) is 15.7. The van der Waals surface area contributed by atoms with E-state index in [4.69, 9.17) is 47.4 Å². The van der Waals surface area contributed by atoms with Crippen LogP contribution in [0.3, 0.4) is 0 Å². The van der Waals surface area contributed by atoms with Gasteiger partial charge in [-0.1, -0.05) is 51.4 Å². The Morgan fingerprint density at radius 3 is 0.887 bits per heavy atom. The van der Waals surface area contributed by atoms with Crippen molar-refractivity contribution in [3.05, 3.63) is 0 Å². The van der Waals surface area contributed by atoms with Gasteiger partial charge in [0.05, 0.1) is 138 Å². The quantitative estimate of drug-likeness (QED) is 0.0594. The van der Waals surface area contributed by atoms with E-state index in [0.29, 0.717) is 116 Å². The van der Waals surface area contributed by atoms with E-state index >= 15 is 0 Å². The normalized spacial score (nSPS) is 25.0. The Balaban J connectivity index is 1.08. The Hall–Kier alpha value is -0.400. The summed E-state index contributed by atoms with van der Waals surface area (Å²) in [5, 5.41) is 0. The predicted octanol–water partition coefficient (Wildman–Crippen LogP) is 10.6. The van der Waals surface area contributed by atoms with E-state index in [1.165, 1.54) is 89.9 Å². The minimum atomic E-state index is -0.499. The highest BCUT2D eigenvalue weighted by molar-refractivity contribution is 4.89. The van der Waals surface area contributed by atoms with Crippen LogP contribution in [0.5, 0.6) is 0 Å². The van der Waals surface area contributed by atoms with Gasteiger partial charge in [0.25, 0.3) is 0 Å². The third-order valence-electron chi connectivity index (χ3n) is 15.7. The maximum absolute atomic E-state index is 7.10. The van der Waals surface area contributed by atoms with Crippen LogP contribution < -0.4 is 0 Å².